The lowest BCUT2D eigenvalue weighted by Gasteiger charge is -2.17. The number of nitrogens with two attached hydrogens (primary N) is 1. The highest BCUT2D eigenvalue weighted by molar-refractivity contribution is 6.31. The predicted octanol–water partition coefficient (Wildman–Crippen LogP) is 2.52. The van der Waals surface area contributed by atoms with Gasteiger partial charge in [-0.3, -0.25) is 19.8 Å². The van der Waals surface area contributed by atoms with Crippen LogP contribution in [0.25, 0.3) is 0 Å². The number of nitrogens with zero attached hydrogens (tertiary/aromatic N) is 1. The Kier molecular flexibility index (Phi) is 12.1. The van der Waals surface area contributed by atoms with E-state index in [1.54, 1.807) is 6.07 Å². The largest absolute Gasteiger partial charge is 0.504 e. The summed E-state index contributed by atoms with van der Waals surface area (Å²) >= 11 is 6.09. The van der Waals surface area contributed by atoms with Gasteiger partial charge in [-0.05, 0) is 36.4 Å². The molecule has 208 valence electrons. The van der Waals surface area contributed by atoms with Crippen molar-refractivity contribution in [3.8, 4) is 17.2 Å². The van der Waals surface area contributed by atoms with Crippen LogP contribution in [0.1, 0.15) is 27.1 Å². The van der Waals surface area contributed by atoms with Crippen LogP contribution in [0, 0.1) is 5.41 Å². The van der Waals surface area contributed by atoms with Crippen LogP contribution in [0.15, 0.2) is 36.4 Å². The molecule has 0 radical (unpaired) electrons. The minimum Gasteiger partial charge on any atom is -0.504 e. The maximum atomic E-state index is 12.7. The fraction of sp³-hybridized carbons (Fsp3) is 0.273. The molecule has 0 saturated carbocycles. The van der Waals surface area contributed by atoms with Gasteiger partial charge < -0.3 is 30.7 Å². The van der Waals surface area contributed by atoms with Crippen molar-refractivity contribution in [3.05, 3.63) is 52.5 Å². The number of carboxylic acid groups (broad SMARTS) is 1. The first-order valence-electron chi connectivity index (χ1n) is 10.4. The molecule has 0 bridgehead atoms. The summed E-state index contributed by atoms with van der Waals surface area (Å²) in [6, 6.07) is 8.22. The van der Waals surface area contributed by atoms with Gasteiger partial charge in [-0.25, -0.2) is 10.3 Å². The van der Waals surface area contributed by atoms with E-state index in [9.17, 15) is 33.0 Å². The Hall–Kier alpha value is -4.24. The maximum absolute atomic E-state index is 12.7. The third-order valence-electron chi connectivity index (χ3n) is 4.23. The number of hydrogen-bond donors (Lipinski definition) is 6. The minimum absolute atomic E-state index is 0.159. The van der Waals surface area contributed by atoms with Crippen molar-refractivity contribution in [2.24, 2.45) is 5.73 Å². The number of hydrogen-bond acceptors (Lipinski definition) is 8. The summed E-state index contributed by atoms with van der Waals surface area (Å²) in [6.45, 7) is 0.280. The molecule has 7 N–H and O–H groups in total. The van der Waals surface area contributed by atoms with Crippen LogP contribution in [0.3, 0.4) is 0 Å². The van der Waals surface area contributed by atoms with E-state index in [0.29, 0.717) is 17.2 Å². The van der Waals surface area contributed by atoms with E-state index >= 15 is 0 Å². The molecule has 0 aliphatic carbocycles. The van der Waals surface area contributed by atoms with Crippen LogP contribution < -0.4 is 16.0 Å². The number of carboxylic acids is 1. The number of phenols is 2. The Bertz CT molecular complexity index is 1160. The molecule has 0 saturated heterocycles. The fourth-order valence-electron chi connectivity index (χ4n) is 2.52. The molecule has 38 heavy (non-hydrogen) atoms. The van der Waals surface area contributed by atoms with Crippen LogP contribution >= 0.6 is 11.6 Å². The van der Waals surface area contributed by atoms with E-state index in [4.69, 9.17) is 42.2 Å². The lowest BCUT2D eigenvalue weighted by Crippen LogP contribution is -2.32. The molecule has 0 aromatic heterocycles. The molecule has 0 unspecified atom stereocenters. The van der Waals surface area contributed by atoms with Crippen LogP contribution in [0.5, 0.6) is 17.2 Å². The number of Topliss-reactive ketones (excluding diaryl/α,β-unsaturated/α-hetero) is 1. The molecule has 0 aliphatic heterocycles. The Morgan fingerprint density at radius 3 is 2.26 bits per heavy atom. The molecule has 16 heteroatoms. The number of carbonyl (C=O) groups is 3. The number of hydroxylamine groups is 1. The fourth-order valence-corrected chi connectivity index (χ4v) is 2.74. The van der Waals surface area contributed by atoms with Crippen molar-refractivity contribution in [1.82, 2.24) is 10.4 Å². The second-order valence-corrected chi connectivity index (χ2v) is 7.77. The molecule has 0 spiro atoms. The van der Waals surface area contributed by atoms with Gasteiger partial charge in [0.1, 0.15) is 5.75 Å². The summed E-state index contributed by atoms with van der Waals surface area (Å²) in [5.74, 6) is -4.30. The monoisotopic (exact) mass is 564 g/mol. The van der Waals surface area contributed by atoms with Gasteiger partial charge in [-0.2, -0.15) is 13.2 Å². The molecule has 0 aliphatic rings. The van der Waals surface area contributed by atoms with Gasteiger partial charge >= 0.3 is 12.1 Å². The molecular formula is C22H24ClF3N4O8. The van der Waals surface area contributed by atoms with Crippen molar-refractivity contribution >= 4 is 35.2 Å². The van der Waals surface area contributed by atoms with E-state index in [0.717, 1.165) is 6.07 Å². The van der Waals surface area contributed by atoms with E-state index in [1.165, 1.54) is 36.2 Å². The highest BCUT2D eigenvalue weighted by Crippen LogP contribution is 2.25. The number of guanidine groups is 1. The lowest BCUT2D eigenvalue weighted by atomic mass is 10.1. The van der Waals surface area contributed by atoms with Gasteiger partial charge in [0.25, 0.3) is 5.91 Å². The topological polar surface area (TPSA) is 196 Å². The standard InChI is InChI=1S/C20H23ClN4O6.C2HF3O2/c1-25(11-18(28)12-3-4-16(26)17(27)9-12)19(29)13-7-14(21)10-15(8-13)30-5-2-6-31-24-20(22)23;3-2(4,5)1(6)7/h3-4,7-10,26-27H,2,5-6,11H2,1H3,(H4,22,23,24);(H,6,7). The second-order valence-electron chi connectivity index (χ2n) is 7.33. The molecule has 0 fully saturated rings. The van der Waals surface area contributed by atoms with Gasteiger partial charge in [0.05, 0.1) is 19.8 Å². The highest BCUT2D eigenvalue weighted by atomic mass is 35.5. The number of carbonyl (C=O) groups excluding carboxylic acids is 2. The Morgan fingerprint density at radius 2 is 1.71 bits per heavy atom. The number of benzene rings is 2. The van der Waals surface area contributed by atoms with E-state index in [1.807, 2.05) is 0 Å². The number of alkyl halides is 3. The molecule has 2 rings (SSSR count). The molecule has 2 aromatic rings. The maximum Gasteiger partial charge on any atom is 0.490 e. The Labute approximate surface area is 218 Å². The number of ketones is 1. The number of aliphatic carboxylic acids is 1. The first-order valence-corrected chi connectivity index (χ1v) is 10.8. The molecule has 0 atom stereocenters. The van der Waals surface area contributed by atoms with E-state index in [-0.39, 0.29) is 42.6 Å². The molecule has 1 amide bonds. The molecule has 0 heterocycles. The number of halogens is 4. The molecule has 12 nitrogen and oxygen atoms in total. The average Bonchev–Trinajstić information content (AvgIpc) is 2.81. The zero-order valence-electron chi connectivity index (χ0n) is 19.7. The minimum atomic E-state index is -5.08. The number of phenolic OH excluding ortho intramolecular Hbond substituents is 2. The van der Waals surface area contributed by atoms with Gasteiger partial charge in [0, 0.05) is 29.6 Å². The van der Waals surface area contributed by atoms with Crippen LogP contribution in [0.4, 0.5) is 13.2 Å². The summed E-state index contributed by atoms with van der Waals surface area (Å²) in [7, 11) is 1.46. The Morgan fingerprint density at radius 1 is 1.08 bits per heavy atom. The van der Waals surface area contributed by atoms with Gasteiger partial charge in [0.2, 0.25) is 5.96 Å². The molecular weight excluding hydrogens is 541 g/mol. The van der Waals surface area contributed by atoms with Crippen molar-refractivity contribution in [2.45, 2.75) is 12.6 Å². The smallest absolute Gasteiger partial charge is 0.490 e. The normalized spacial score (nSPS) is 10.6. The highest BCUT2D eigenvalue weighted by Gasteiger charge is 2.38. The predicted molar refractivity (Wildman–Crippen MR) is 127 cm³/mol. The number of nitrogens with one attached hydrogen (secondary N) is 2. The van der Waals surface area contributed by atoms with Gasteiger partial charge in [-0.1, -0.05) is 11.6 Å². The number of rotatable bonds is 10. The third-order valence-corrected chi connectivity index (χ3v) is 4.45. The summed E-state index contributed by atoms with van der Waals surface area (Å²) in [6.07, 6.45) is -4.59. The lowest BCUT2D eigenvalue weighted by molar-refractivity contribution is -0.192. The quantitative estimate of drug-likeness (QED) is 0.0623. The average molecular weight is 565 g/mol. The SMILES string of the molecule is CN(CC(=O)c1ccc(O)c(O)c1)C(=O)c1cc(Cl)cc(OCCCONC(=N)N)c1.O=C(O)C(F)(F)F. The first-order chi connectivity index (χ1) is 17.6. The number of ether oxygens (including phenoxy) is 1. The summed E-state index contributed by atoms with van der Waals surface area (Å²) in [4.78, 5) is 40.1. The van der Waals surface area contributed by atoms with E-state index in [2.05, 4.69) is 5.48 Å². The van der Waals surface area contributed by atoms with Crippen LogP contribution in [0.2, 0.25) is 5.02 Å². The zero-order chi connectivity index (χ0) is 29.0. The second kappa shape index (κ2) is 14.5. The van der Waals surface area contributed by atoms with Gasteiger partial charge in [0.15, 0.2) is 17.3 Å². The van der Waals surface area contributed by atoms with Crippen molar-refractivity contribution in [3.63, 3.8) is 0 Å². The number of aromatic hydroxyl groups is 2. The van der Waals surface area contributed by atoms with Crippen LogP contribution in [-0.4, -0.2) is 76.8 Å². The van der Waals surface area contributed by atoms with Crippen LogP contribution in [-0.2, 0) is 9.63 Å². The van der Waals surface area contributed by atoms with Crippen molar-refractivity contribution < 1.29 is 52.4 Å². The summed E-state index contributed by atoms with van der Waals surface area (Å²) in [5, 5.41) is 33.3. The van der Waals surface area contributed by atoms with Gasteiger partial charge in [-0.15, -0.1) is 0 Å². The van der Waals surface area contributed by atoms with Crippen molar-refractivity contribution in [1.29, 1.82) is 5.41 Å². The number of likely N-dealkylation sites (N-methyl/N-ethyl adjacent to an activating group) is 1. The zero-order valence-corrected chi connectivity index (χ0v) is 20.5. The summed E-state index contributed by atoms with van der Waals surface area (Å²) in [5.41, 5.74) is 7.68. The first kappa shape index (κ1) is 31.8. The van der Waals surface area contributed by atoms with E-state index < -0.39 is 29.6 Å². The molecule has 2 aromatic carbocycles. The Balaban J connectivity index is 0.000000905. The summed E-state index contributed by atoms with van der Waals surface area (Å²) < 4.78 is 37.3. The van der Waals surface area contributed by atoms with Crippen molar-refractivity contribution in [2.75, 3.05) is 26.8 Å². The number of amides is 1. The third kappa shape index (κ3) is 11.2.